The summed E-state index contributed by atoms with van der Waals surface area (Å²) in [5.41, 5.74) is 5.32. The fraction of sp³-hybridized carbons (Fsp3) is 0. The number of nitrogens with zero attached hydrogens (tertiary/aromatic N) is 1. The van der Waals surface area contributed by atoms with Crippen molar-refractivity contribution in [2.45, 2.75) is 0 Å². The smallest absolute Gasteiger partial charge is 0.160 e. The van der Waals surface area contributed by atoms with E-state index in [9.17, 15) is 0 Å². The van der Waals surface area contributed by atoms with E-state index in [2.05, 4.69) is 144 Å². The van der Waals surface area contributed by atoms with Gasteiger partial charge in [0, 0.05) is 47.4 Å². The van der Waals surface area contributed by atoms with Crippen LogP contribution in [0, 0.1) is 0 Å². The third-order valence-electron chi connectivity index (χ3n) is 9.74. The SMILES string of the molecule is c1ccc2c(c1)oc1c2c2c3ccccc3sc2c2c3ccccc3n(-c3ccc4c5ccccc5c5ccccc5c4c3)c12. The van der Waals surface area contributed by atoms with Gasteiger partial charge >= 0.3 is 0 Å². The second-order valence-corrected chi connectivity index (χ2v) is 13.1. The predicted octanol–water partition coefficient (Wildman–Crippen LogP) is 12.5. The number of rotatable bonds is 1. The lowest BCUT2D eigenvalue weighted by Gasteiger charge is -2.14. The zero-order valence-corrected chi connectivity index (χ0v) is 24.9. The Kier molecular flexibility index (Phi) is 4.49. The second kappa shape index (κ2) is 8.50. The molecule has 8 aromatic carbocycles. The molecule has 2 nitrogen and oxygen atoms in total. The van der Waals surface area contributed by atoms with Crippen molar-refractivity contribution < 1.29 is 4.42 Å². The van der Waals surface area contributed by atoms with E-state index in [-0.39, 0.29) is 0 Å². The van der Waals surface area contributed by atoms with Crippen molar-refractivity contribution in [2.24, 2.45) is 0 Å². The molecular formula is C42H23NOS. The molecule has 0 amide bonds. The molecule has 45 heavy (non-hydrogen) atoms. The van der Waals surface area contributed by atoms with Crippen molar-refractivity contribution >= 4 is 108 Å². The highest BCUT2D eigenvalue weighted by atomic mass is 32.1. The van der Waals surface area contributed by atoms with E-state index in [1.54, 1.807) is 0 Å². The van der Waals surface area contributed by atoms with Crippen LogP contribution in [0.4, 0.5) is 0 Å². The molecule has 3 heterocycles. The Balaban J connectivity index is 1.39. The monoisotopic (exact) mass is 589 g/mol. The molecule has 3 aromatic heterocycles. The number of furan rings is 1. The molecule has 11 aromatic rings. The van der Waals surface area contributed by atoms with Gasteiger partial charge in [0.2, 0.25) is 0 Å². The number of aromatic nitrogens is 1. The van der Waals surface area contributed by atoms with Gasteiger partial charge in [-0.15, -0.1) is 11.3 Å². The molecule has 0 spiro atoms. The third-order valence-corrected chi connectivity index (χ3v) is 10.9. The third kappa shape index (κ3) is 2.98. The van der Waals surface area contributed by atoms with Crippen LogP contribution in [-0.4, -0.2) is 4.57 Å². The van der Waals surface area contributed by atoms with E-state index in [4.69, 9.17) is 4.42 Å². The van der Waals surface area contributed by atoms with E-state index in [0.717, 1.165) is 27.8 Å². The van der Waals surface area contributed by atoms with Crippen LogP contribution in [0.25, 0.3) is 102 Å². The van der Waals surface area contributed by atoms with Gasteiger partial charge in [0.05, 0.1) is 11.0 Å². The summed E-state index contributed by atoms with van der Waals surface area (Å²) in [6.07, 6.45) is 0. The lowest BCUT2D eigenvalue weighted by atomic mass is 9.94. The van der Waals surface area contributed by atoms with Gasteiger partial charge in [0.15, 0.2) is 5.58 Å². The molecule has 0 N–H and O–H groups in total. The number of hydrogen-bond acceptors (Lipinski definition) is 2. The number of thiophene rings is 1. The summed E-state index contributed by atoms with van der Waals surface area (Å²) in [7, 11) is 0. The van der Waals surface area contributed by atoms with Crippen LogP contribution < -0.4 is 0 Å². The maximum atomic E-state index is 6.88. The summed E-state index contributed by atoms with van der Waals surface area (Å²) in [5, 5.41) is 15.1. The van der Waals surface area contributed by atoms with Gasteiger partial charge in [-0.05, 0) is 62.6 Å². The van der Waals surface area contributed by atoms with Crippen molar-refractivity contribution in [3.63, 3.8) is 0 Å². The molecule has 0 unspecified atom stereocenters. The minimum Gasteiger partial charge on any atom is -0.454 e. The van der Waals surface area contributed by atoms with E-state index in [1.165, 1.54) is 74.2 Å². The van der Waals surface area contributed by atoms with Gasteiger partial charge in [0.1, 0.15) is 5.58 Å². The van der Waals surface area contributed by atoms with Crippen LogP contribution in [0.2, 0.25) is 0 Å². The minimum absolute atomic E-state index is 0.921. The Bertz CT molecular complexity index is 3010. The standard InChI is InChI=1S/C42H23NOS/c1-2-13-27-25(11-1)26-12-3-4-14-28(26)33-23-24(21-22-29(27)33)43-34-18-8-5-15-30(34)39-40(43)41-37(31-16-6-9-19-35(31)44-41)38-32-17-7-10-20-36(32)45-42(38)39/h1-23H. The summed E-state index contributed by atoms with van der Waals surface area (Å²) < 4.78 is 11.9. The quantitative estimate of drug-likeness (QED) is 0.174. The van der Waals surface area contributed by atoms with Crippen LogP contribution in [0.1, 0.15) is 0 Å². The van der Waals surface area contributed by atoms with Gasteiger partial charge < -0.3 is 8.98 Å². The van der Waals surface area contributed by atoms with E-state index >= 15 is 0 Å². The van der Waals surface area contributed by atoms with E-state index < -0.39 is 0 Å². The van der Waals surface area contributed by atoms with Crippen molar-refractivity contribution in [1.29, 1.82) is 0 Å². The number of hydrogen-bond donors (Lipinski definition) is 0. The summed E-state index contributed by atoms with van der Waals surface area (Å²) in [5.74, 6) is 0. The Morgan fingerprint density at radius 3 is 1.78 bits per heavy atom. The lowest BCUT2D eigenvalue weighted by molar-refractivity contribution is 0.671. The molecule has 11 rings (SSSR count). The zero-order valence-electron chi connectivity index (χ0n) is 24.0. The first-order valence-electron chi connectivity index (χ1n) is 15.4. The summed E-state index contributed by atoms with van der Waals surface area (Å²) in [6, 6.07) is 50.7. The number of fused-ring (bicyclic) bond motifs is 18. The summed E-state index contributed by atoms with van der Waals surface area (Å²) in [6.45, 7) is 0. The molecule has 0 radical (unpaired) electrons. The van der Waals surface area contributed by atoms with Crippen LogP contribution in [-0.2, 0) is 0 Å². The van der Waals surface area contributed by atoms with Crippen molar-refractivity contribution in [3.05, 3.63) is 140 Å². The zero-order chi connectivity index (χ0) is 29.2. The van der Waals surface area contributed by atoms with Gasteiger partial charge in [0.25, 0.3) is 0 Å². The molecular weight excluding hydrogens is 567 g/mol. The fourth-order valence-electron chi connectivity index (χ4n) is 7.92. The molecule has 0 aliphatic rings. The van der Waals surface area contributed by atoms with Crippen molar-refractivity contribution in [3.8, 4) is 5.69 Å². The topological polar surface area (TPSA) is 18.1 Å². The van der Waals surface area contributed by atoms with Gasteiger partial charge in [-0.25, -0.2) is 0 Å². The average molecular weight is 590 g/mol. The number of benzene rings is 8. The van der Waals surface area contributed by atoms with Crippen LogP contribution in [0.5, 0.6) is 0 Å². The van der Waals surface area contributed by atoms with Crippen LogP contribution in [0.3, 0.4) is 0 Å². The largest absolute Gasteiger partial charge is 0.454 e. The molecule has 0 atom stereocenters. The van der Waals surface area contributed by atoms with E-state index in [0.29, 0.717) is 0 Å². The highest BCUT2D eigenvalue weighted by molar-refractivity contribution is 7.27. The highest BCUT2D eigenvalue weighted by Crippen LogP contribution is 2.50. The average Bonchev–Trinajstić information content (AvgIpc) is 3.78. The van der Waals surface area contributed by atoms with Crippen LogP contribution in [0.15, 0.2) is 144 Å². The Hall–Kier alpha value is -5.64. The maximum Gasteiger partial charge on any atom is 0.160 e. The van der Waals surface area contributed by atoms with Crippen molar-refractivity contribution in [1.82, 2.24) is 4.57 Å². The first-order chi connectivity index (χ1) is 22.3. The highest BCUT2D eigenvalue weighted by Gasteiger charge is 2.25. The molecule has 3 heteroatoms. The second-order valence-electron chi connectivity index (χ2n) is 12.0. The summed E-state index contributed by atoms with van der Waals surface area (Å²) in [4.78, 5) is 0. The Morgan fingerprint density at radius 2 is 1.02 bits per heavy atom. The predicted molar refractivity (Wildman–Crippen MR) is 193 cm³/mol. The van der Waals surface area contributed by atoms with Crippen LogP contribution >= 0.6 is 11.3 Å². The molecule has 0 bridgehead atoms. The van der Waals surface area contributed by atoms with Gasteiger partial charge in [-0.2, -0.15) is 0 Å². The lowest BCUT2D eigenvalue weighted by Crippen LogP contribution is -1.95. The van der Waals surface area contributed by atoms with Gasteiger partial charge in [-0.3, -0.25) is 0 Å². The fourth-order valence-corrected chi connectivity index (χ4v) is 9.19. The first-order valence-corrected chi connectivity index (χ1v) is 16.2. The molecule has 0 saturated carbocycles. The first kappa shape index (κ1) is 23.8. The Morgan fingerprint density at radius 1 is 0.444 bits per heavy atom. The Labute approximate surface area is 260 Å². The molecule has 0 aliphatic carbocycles. The molecule has 0 aliphatic heterocycles. The molecule has 0 saturated heterocycles. The van der Waals surface area contributed by atoms with Gasteiger partial charge in [-0.1, -0.05) is 109 Å². The normalized spacial score (nSPS) is 12.4. The maximum absolute atomic E-state index is 6.88. The summed E-state index contributed by atoms with van der Waals surface area (Å²) >= 11 is 1.89. The molecule has 0 fully saturated rings. The number of para-hydroxylation sites is 2. The van der Waals surface area contributed by atoms with E-state index in [1.807, 2.05) is 11.3 Å². The van der Waals surface area contributed by atoms with Crippen molar-refractivity contribution in [2.75, 3.05) is 0 Å². The minimum atomic E-state index is 0.921. The molecule has 208 valence electrons.